The van der Waals surface area contributed by atoms with Crippen molar-refractivity contribution in [3.63, 3.8) is 0 Å². The maximum Gasteiger partial charge on any atom is 0.0324 e. The first-order valence-corrected chi connectivity index (χ1v) is 8.92. The fourth-order valence-electron chi connectivity index (χ4n) is 3.28. The normalized spacial score (nSPS) is 28.8. The first kappa shape index (κ1) is 17.0. The van der Waals surface area contributed by atoms with Crippen molar-refractivity contribution < 1.29 is 0 Å². The van der Waals surface area contributed by atoms with E-state index in [1.54, 1.807) is 0 Å². The minimum atomic E-state index is 0.228. The molecule has 1 aromatic carbocycles. The zero-order chi connectivity index (χ0) is 15.6. The Kier molecular flexibility index (Phi) is 5.50. The highest BCUT2D eigenvalue weighted by Crippen LogP contribution is 2.32. The van der Waals surface area contributed by atoms with Gasteiger partial charge in [-0.15, -0.1) is 0 Å². The fraction of sp³-hybridized carbons (Fsp3) is 0.667. The number of hydrogen-bond acceptors (Lipinski definition) is 2. The molecule has 1 N–H and O–H groups in total. The summed E-state index contributed by atoms with van der Waals surface area (Å²) in [4.78, 5) is 2.70. The van der Waals surface area contributed by atoms with Crippen LogP contribution in [0, 0.1) is 5.92 Å². The SMILES string of the molecule is CCC1(C)CN(C(C)c2cccc(Br)c2)C(C(C)C)CN1. The average Bonchev–Trinajstić information content (AvgIpc) is 2.46. The van der Waals surface area contributed by atoms with Gasteiger partial charge in [0.1, 0.15) is 0 Å². The van der Waals surface area contributed by atoms with Crippen LogP contribution in [0.25, 0.3) is 0 Å². The molecule has 0 radical (unpaired) electrons. The molecule has 2 rings (SSSR count). The van der Waals surface area contributed by atoms with E-state index in [0.29, 0.717) is 18.0 Å². The summed E-state index contributed by atoms with van der Waals surface area (Å²) < 4.78 is 1.17. The molecule has 1 saturated heterocycles. The van der Waals surface area contributed by atoms with Gasteiger partial charge in [0.25, 0.3) is 0 Å². The lowest BCUT2D eigenvalue weighted by Gasteiger charge is -2.50. The molecule has 1 aliphatic heterocycles. The first-order valence-electron chi connectivity index (χ1n) is 8.12. The lowest BCUT2D eigenvalue weighted by Crippen LogP contribution is -2.64. The number of halogens is 1. The van der Waals surface area contributed by atoms with Crippen LogP contribution in [0.2, 0.25) is 0 Å². The lowest BCUT2D eigenvalue weighted by atomic mass is 9.88. The molecule has 0 aliphatic carbocycles. The number of nitrogens with zero attached hydrogens (tertiary/aromatic N) is 1. The summed E-state index contributed by atoms with van der Waals surface area (Å²) in [5.41, 5.74) is 1.63. The van der Waals surface area contributed by atoms with Gasteiger partial charge in [-0.05, 0) is 43.9 Å². The quantitative estimate of drug-likeness (QED) is 0.850. The fourth-order valence-corrected chi connectivity index (χ4v) is 3.70. The van der Waals surface area contributed by atoms with E-state index in [0.717, 1.165) is 13.1 Å². The van der Waals surface area contributed by atoms with Crippen LogP contribution < -0.4 is 5.32 Å². The highest BCUT2D eigenvalue weighted by molar-refractivity contribution is 9.10. The average molecular weight is 353 g/mol. The molecule has 2 nitrogen and oxygen atoms in total. The smallest absolute Gasteiger partial charge is 0.0324 e. The third kappa shape index (κ3) is 3.88. The second kappa shape index (κ2) is 6.80. The van der Waals surface area contributed by atoms with Gasteiger partial charge in [-0.2, -0.15) is 0 Å². The molecule has 0 amide bonds. The lowest BCUT2D eigenvalue weighted by molar-refractivity contribution is 0.0295. The summed E-state index contributed by atoms with van der Waals surface area (Å²) >= 11 is 3.60. The van der Waals surface area contributed by atoms with E-state index in [-0.39, 0.29) is 5.54 Å². The highest BCUT2D eigenvalue weighted by Gasteiger charge is 2.38. The summed E-state index contributed by atoms with van der Waals surface area (Å²) in [6.07, 6.45) is 1.17. The molecule has 1 heterocycles. The molecule has 0 saturated carbocycles. The Morgan fingerprint density at radius 3 is 2.67 bits per heavy atom. The van der Waals surface area contributed by atoms with Crippen molar-refractivity contribution in [2.75, 3.05) is 13.1 Å². The molecular formula is C18H29BrN2. The Bertz CT molecular complexity index is 474. The predicted octanol–water partition coefficient (Wildman–Crippen LogP) is 4.61. The van der Waals surface area contributed by atoms with Crippen LogP contribution in [0.1, 0.15) is 52.6 Å². The van der Waals surface area contributed by atoms with Crippen LogP contribution in [0.3, 0.4) is 0 Å². The molecule has 1 aliphatic rings. The molecule has 3 heteroatoms. The van der Waals surface area contributed by atoms with E-state index in [1.807, 2.05) is 0 Å². The summed E-state index contributed by atoms with van der Waals surface area (Å²) in [7, 11) is 0. The van der Waals surface area contributed by atoms with Gasteiger partial charge in [0, 0.05) is 35.2 Å². The van der Waals surface area contributed by atoms with Crippen LogP contribution in [0.15, 0.2) is 28.7 Å². The molecule has 118 valence electrons. The van der Waals surface area contributed by atoms with Crippen LogP contribution >= 0.6 is 15.9 Å². The van der Waals surface area contributed by atoms with E-state index in [9.17, 15) is 0 Å². The molecule has 3 unspecified atom stereocenters. The maximum absolute atomic E-state index is 3.77. The second-order valence-corrected chi connectivity index (χ2v) is 7.93. The molecule has 0 aromatic heterocycles. The zero-order valence-corrected chi connectivity index (χ0v) is 15.6. The Morgan fingerprint density at radius 1 is 1.38 bits per heavy atom. The largest absolute Gasteiger partial charge is 0.309 e. The van der Waals surface area contributed by atoms with E-state index in [4.69, 9.17) is 0 Å². The summed E-state index contributed by atoms with van der Waals surface area (Å²) in [5.74, 6) is 0.661. The van der Waals surface area contributed by atoms with Crippen molar-refractivity contribution in [3.8, 4) is 0 Å². The monoisotopic (exact) mass is 352 g/mol. The van der Waals surface area contributed by atoms with Crippen LogP contribution in [-0.4, -0.2) is 29.6 Å². The van der Waals surface area contributed by atoms with Crippen molar-refractivity contribution in [2.24, 2.45) is 5.92 Å². The predicted molar refractivity (Wildman–Crippen MR) is 94.6 cm³/mol. The molecule has 3 atom stereocenters. The van der Waals surface area contributed by atoms with Gasteiger partial charge in [-0.1, -0.05) is 48.8 Å². The van der Waals surface area contributed by atoms with Crippen LogP contribution in [-0.2, 0) is 0 Å². The first-order chi connectivity index (χ1) is 9.86. The van der Waals surface area contributed by atoms with E-state index in [2.05, 4.69) is 85.0 Å². The van der Waals surface area contributed by atoms with Crippen molar-refractivity contribution in [3.05, 3.63) is 34.3 Å². The summed E-state index contributed by atoms with van der Waals surface area (Å²) in [6.45, 7) is 13.8. The minimum absolute atomic E-state index is 0.228. The number of nitrogens with one attached hydrogen (secondary N) is 1. The maximum atomic E-state index is 3.77. The van der Waals surface area contributed by atoms with E-state index in [1.165, 1.54) is 16.5 Å². The van der Waals surface area contributed by atoms with Crippen molar-refractivity contribution in [1.82, 2.24) is 10.2 Å². The van der Waals surface area contributed by atoms with Crippen molar-refractivity contribution in [1.29, 1.82) is 0 Å². The van der Waals surface area contributed by atoms with Crippen molar-refractivity contribution >= 4 is 15.9 Å². The summed E-state index contributed by atoms with van der Waals surface area (Å²) in [6, 6.07) is 9.79. The van der Waals surface area contributed by atoms with Gasteiger partial charge < -0.3 is 5.32 Å². The van der Waals surface area contributed by atoms with Crippen molar-refractivity contribution in [2.45, 2.75) is 58.7 Å². The molecule has 1 fully saturated rings. The number of hydrogen-bond donors (Lipinski definition) is 1. The Balaban J connectivity index is 2.26. The third-order valence-electron chi connectivity index (χ3n) is 5.07. The van der Waals surface area contributed by atoms with Gasteiger partial charge in [-0.3, -0.25) is 4.90 Å². The Hall–Kier alpha value is -0.380. The molecular weight excluding hydrogens is 324 g/mol. The number of piperazine rings is 1. The van der Waals surface area contributed by atoms with Gasteiger partial charge >= 0.3 is 0 Å². The molecule has 0 bridgehead atoms. The molecule has 21 heavy (non-hydrogen) atoms. The highest BCUT2D eigenvalue weighted by atomic mass is 79.9. The minimum Gasteiger partial charge on any atom is -0.309 e. The van der Waals surface area contributed by atoms with E-state index >= 15 is 0 Å². The van der Waals surface area contributed by atoms with Crippen LogP contribution in [0.5, 0.6) is 0 Å². The molecule has 1 aromatic rings. The Labute approximate surface area is 138 Å². The summed E-state index contributed by atoms with van der Waals surface area (Å²) in [5, 5.41) is 3.77. The van der Waals surface area contributed by atoms with E-state index < -0.39 is 0 Å². The van der Waals surface area contributed by atoms with Gasteiger partial charge in [0.05, 0.1) is 0 Å². The van der Waals surface area contributed by atoms with Crippen LogP contribution in [0.4, 0.5) is 0 Å². The zero-order valence-electron chi connectivity index (χ0n) is 14.0. The standard InChI is InChI=1S/C18H29BrN2/c1-6-18(5)12-21(17(11-20-18)13(2)3)14(4)15-8-7-9-16(19)10-15/h7-10,13-14,17,20H,6,11-12H2,1-5H3. The second-order valence-electron chi connectivity index (χ2n) is 7.01. The third-order valence-corrected chi connectivity index (χ3v) is 5.57. The number of rotatable bonds is 4. The Morgan fingerprint density at radius 2 is 2.10 bits per heavy atom. The molecule has 0 spiro atoms. The van der Waals surface area contributed by atoms with Gasteiger partial charge in [-0.25, -0.2) is 0 Å². The van der Waals surface area contributed by atoms with Gasteiger partial charge in [0.15, 0.2) is 0 Å². The number of benzene rings is 1. The van der Waals surface area contributed by atoms with Gasteiger partial charge in [0.2, 0.25) is 0 Å². The topological polar surface area (TPSA) is 15.3 Å².